The van der Waals surface area contributed by atoms with Crippen LogP contribution in [0.25, 0.3) is 0 Å². The van der Waals surface area contributed by atoms with Crippen LogP contribution >= 0.6 is 0 Å². The van der Waals surface area contributed by atoms with Crippen molar-refractivity contribution in [3.63, 3.8) is 0 Å². The van der Waals surface area contributed by atoms with Gasteiger partial charge in [-0.1, -0.05) is 12.1 Å². The average Bonchev–Trinajstić information content (AvgIpc) is 2.72. The van der Waals surface area contributed by atoms with Crippen LogP contribution in [0.5, 0.6) is 5.75 Å². The van der Waals surface area contributed by atoms with Gasteiger partial charge in [0.2, 0.25) is 0 Å². The van der Waals surface area contributed by atoms with E-state index in [1.807, 2.05) is 45.0 Å². The first-order valence-electron chi connectivity index (χ1n) is 9.66. The monoisotopic (exact) mass is 403 g/mol. The second-order valence-corrected chi connectivity index (χ2v) is 7.91. The minimum atomic E-state index is -0.322. The van der Waals surface area contributed by atoms with Crippen molar-refractivity contribution in [2.24, 2.45) is 0 Å². The number of ether oxygens (including phenoxy) is 1. The summed E-state index contributed by atoms with van der Waals surface area (Å²) in [6.45, 7) is 6.15. The average molecular weight is 403 g/mol. The molecule has 0 saturated carbocycles. The number of hydrogen-bond acceptors (Lipinski definition) is 4. The highest BCUT2D eigenvalue weighted by atomic mass is 16.5. The lowest BCUT2D eigenvalue weighted by molar-refractivity contribution is 0.0918. The van der Waals surface area contributed by atoms with Crippen molar-refractivity contribution in [1.29, 1.82) is 0 Å². The van der Waals surface area contributed by atoms with E-state index >= 15 is 0 Å². The molecule has 0 bridgehead atoms. The number of hydrogen-bond donors (Lipinski definition) is 2. The van der Waals surface area contributed by atoms with Crippen molar-refractivity contribution in [3.05, 3.63) is 89.7 Å². The molecule has 1 aromatic heterocycles. The van der Waals surface area contributed by atoms with E-state index in [-0.39, 0.29) is 17.4 Å². The molecule has 2 N–H and O–H groups in total. The van der Waals surface area contributed by atoms with Gasteiger partial charge < -0.3 is 15.4 Å². The highest BCUT2D eigenvalue weighted by molar-refractivity contribution is 6.05. The van der Waals surface area contributed by atoms with Gasteiger partial charge in [-0.2, -0.15) is 0 Å². The Labute approximate surface area is 176 Å². The zero-order valence-corrected chi connectivity index (χ0v) is 17.3. The van der Waals surface area contributed by atoms with Crippen molar-refractivity contribution in [2.75, 3.05) is 5.32 Å². The fourth-order valence-electron chi connectivity index (χ4n) is 2.70. The Bertz CT molecular complexity index is 1010. The zero-order valence-electron chi connectivity index (χ0n) is 17.3. The maximum atomic E-state index is 12.6. The fraction of sp³-hybridized carbons (Fsp3) is 0.208. The molecule has 3 aromatic rings. The topological polar surface area (TPSA) is 80.3 Å². The Hall–Kier alpha value is -3.67. The highest BCUT2D eigenvalue weighted by Gasteiger charge is 2.15. The minimum absolute atomic E-state index is 0.173. The summed E-state index contributed by atoms with van der Waals surface area (Å²) in [7, 11) is 0. The summed E-state index contributed by atoms with van der Waals surface area (Å²) in [4.78, 5) is 28.8. The smallest absolute Gasteiger partial charge is 0.255 e. The molecule has 154 valence electrons. The van der Waals surface area contributed by atoms with Gasteiger partial charge in [0.15, 0.2) is 0 Å². The largest absolute Gasteiger partial charge is 0.489 e. The lowest BCUT2D eigenvalue weighted by atomic mass is 10.1. The maximum Gasteiger partial charge on any atom is 0.255 e. The molecule has 0 saturated heterocycles. The number of carbonyl (C=O) groups excluding carboxylic acids is 2. The molecule has 0 atom stereocenters. The van der Waals surface area contributed by atoms with Gasteiger partial charge in [-0.25, -0.2) is 0 Å². The number of pyridine rings is 1. The van der Waals surface area contributed by atoms with Crippen LogP contribution in [0.4, 0.5) is 5.69 Å². The summed E-state index contributed by atoms with van der Waals surface area (Å²) < 4.78 is 5.77. The summed E-state index contributed by atoms with van der Waals surface area (Å²) in [6.07, 6.45) is 3.46. The number of anilines is 1. The van der Waals surface area contributed by atoms with Crippen molar-refractivity contribution >= 4 is 17.5 Å². The molecule has 1 heterocycles. The van der Waals surface area contributed by atoms with Crippen LogP contribution < -0.4 is 15.4 Å². The second kappa shape index (κ2) is 9.22. The molecule has 0 spiro atoms. The summed E-state index contributed by atoms with van der Waals surface area (Å²) >= 11 is 0. The number of benzene rings is 2. The van der Waals surface area contributed by atoms with Crippen LogP contribution in [0.1, 0.15) is 47.1 Å². The number of nitrogens with zero attached hydrogens (tertiary/aromatic N) is 1. The minimum Gasteiger partial charge on any atom is -0.489 e. The Morgan fingerprint density at radius 2 is 1.63 bits per heavy atom. The highest BCUT2D eigenvalue weighted by Crippen LogP contribution is 2.19. The van der Waals surface area contributed by atoms with E-state index in [0.717, 1.165) is 5.56 Å². The van der Waals surface area contributed by atoms with Crippen LogP contribution in [0.15, 0.2) is 73.1 Å². The van der Waals surface area contributed by atoms with Crippen molar-refractivity contribution in [3.8, 4) is 5.75 Å². The normalized spacial score (nSPS) is 10.9. The van der Waals surface area contributed by atoms with E-state index in [9.17, 15) is 9.59 Å². The molecule has 0 fully saturated rings. The van der Waals surface area contributed by atoms with Crippen LogP contribution in [0.2, 0.25) is 0 Å². The Morgan fingerprint density at radius 1 is 0.933 bits per heavy atom. The van der Waals surface area contributed by atoms with Gasteiger partial charge in [0.25, 0.3) is 11.8 Å². The molecule has 3 rings (SSSR count). The van der Waals surface area contributed by atoms with Crippen LogP contribution in [0.3, 0.4) is 0 Å². The molecule has 0 aliphatic heterocycles. The molecule has 0 aliphatic rings. The molecule has 0 unspecified atom stereocenters. The van der Waals surface area contributed by atoms with E-state index in [4.69, 9.17) is 4.74 Å². The fourth-order valence-corrected chi connectivity index (χ4v) is 2.70. The zero-order chi connectivity index (χ0) is 21.6. The first kappa shape index (κ1) is 21.0. The summed E-state index contributed by atoms with van der Waals surface area (Å²) in [5, 5.41) is 5.75. The predicted molar refractivity (Wildman–Crippen MR) is 117 cm³/mol. The van der Waals surface area contributed by atoms with Crippen LogP contribution in [-0.4, -0.2) is 22.3 Å². The number of amides is 2. The van der Waals surface area contributed by atoms with Gasteiger partial charge in [-0.05, 0) is 63.2 Å². The van der Waals surface area contributed by atoms with E-state index in [1.54, 1.807) is 48.8 Å². The van der Waals surface area contributed by atoms with Gasteiger partial charge in [0, 0.05) is 46.4 Å². The van der Waals surface area contributed by atoms with Crippen molar-refractivity contribution in [1.82, 2.24) is 10.3 Å². The van der Waals surface area contributed by atoms with E-state index in [0.29, 0.717) is 29.2 Å². The number of carbonyl (C=O) groups is 2. The maximum absolute atomic E-state index is 12.6. The van der Waals surface area contributed by atoms with Crippen LogP contribution in [-0.2, 0) is 6.61 Å². The number of rotatable bonds is 6. The van der Waals surface area contributed by atoms with Gasteiger partial charge >= 0.3 is 0 Å². The van der Waals surface area contributed by atoms with Gasteiger partial charge in [0.1, 0.15) is 12.4 Å². The lowest BCUT2D eigenvalue weighted by Gasteiger charge is -2.20. The third kappa shape index (κ3) is 6.17. The lowest BCUT2D eigenvalue weighted by Crippen LogP contribution is -2.40. The summed E-state index contributed by atoms with van der Waals surface area (Å²) in [5.74, 6) is 0.209. The van der Waals surface area contributed by atoms with Gasteiger partial charge in [-0.15, -0.1) is 0 Å². The molecule has 0 radical (unpaired) electrons. The van der Waals surface area contributed by atoms with E-state index < -0.39 is 0 Å². The molecule has 2 aromatic carbocycles. The van der Waals surface area contributed by atoms with E-state index in [2.05, 4.69) is 15.6 Å². The SMILES string of the molecule is CC(C)(C)NC(=O)c1ccc(C(=O)Nc2cccc(OCc3cccnc3)c2)cc1. The van der Waals surface area contributed by atoms with Gasteiger partial charge in [-0.3, -0.25) is 14.6 Å². The molecule has 6 nitrogen and oxygen atoms in total. The number of nitrogens with one attached hydrogen (secondary N) is 2. The first-order valence-corrected chi connectivity index (χ1v) is 9.66. The summed E-state index contributed by atoms with van der Waals surface area (Å²) in [6, 6.07) is 17.5. The molecule has 6 heteroatoms. The Morgan fingerprint density at radius 3 is 2.27 bits per heavy atom. The van der Waals surface area contributed by atoms with Crippen LogP contribution in [0, 0.1) is 0 Å². The third-order valence-corrected chi connectivity index (χ3v) is 4.12. The molecular formula is C24H25N3O3. The molecule has 30 heavy (non-hydrogen) atoms. The standard InChI is InChI=1S/C24H25N3O3/c1-24(2,3)27-23(29)19-11-9-18(10-12-19)22(28)26-20-7-4-8-21(14-20)30-16-17-6-5-13-25-15-17/h4-15H,16H2,1-3H3,(H,26,28)(H,27,29). The molecular weight excluding hydrogens is 378 g/mol. The summed E-state index contributed by atoms with van der Waals surface area (Å²) in [5.41, 5.74) is 2.23. The quantitative estimate of drug-likeness (QED) is 0.638. The van der Waals surface area contributed by atoms with Gasteiger partial charge in [0.05, 0.1) is 0 Å². The Kier molecular flexibility index (Phi) is 6.47. The third-order valence-electron chi connectivity index (χ3n) is 4.12. The predicted octanol–water partition coefficient (Wildman–Crippen LogP) is 4.44. The second-order valence-electron chi connectivity index (χ2n) is 7.91. The number of aromatic nitrogens is 1. The van der Waals surface area contributed by atoms with Crippen molar-refractivity contribution in [2.45, 2.75) is 32.9 Å². The van der Waals surface area contributed by atoms with Crippen molar-refractivity contribution < 1.29 is 14.3 Å². The first-order chi connectivity index (χ1) is 14.3. The van der Waals surface area contributed by atoms with E-state index in [1.165, 1.54) is 0 Å². The Balaban J connectivity index is 1.61. The molecule has 0 aliphatic carbocycles. The molecule has 2 amide bonds.